The van der Waals surface area contributed by atoms with Crippen molar-refractivity contribution in [2.75, 3.05) is 6.54 Å². The van der Waals surface area contributed by atoms with Crippen molar-refractivity contribution in [3.63, 3.8) is 0 Å². The van der Waals surface area contributed by atoms with Crippen molar-refractivity contribution in [2.24, 2.45) is 0 Å². The highest BCUT2D eigenvalue weighted by atomic mass is 19.4. The van der Waals surface area contributed by atoms with E-state index in [4.69, 9.17) is 0 Å². The molecule has 2 aromatic rings. The van der Waals surface area contributed by atoms with E-state index in [1.807, 2.05) is 19.1 Å². The highest BCUT2D eigenvalue weighted by Gasteiger charge is 2.31. The monoisotopic (exact) mass is 294 g/mol. The van der Waals surface area contributed by atoms with E-state index in [0.29, 0.717) is 12.1 Å². The molecule has 0 amide bonds. The van der Waals surface area contributed by atoms with Crippen molar-refractivity contribution in [3.8, 4) is 0 Å². The predicted octanol–water partition coefficient (Wildman–Crippen LogP) is 4.11. The van der Waals surface area contributed by atoms with Crippen LogP contribution in [0, 0.1) is 6.92 Å². The summed E-state index contributed by atoms with van der Waals surface area (Å²) in [5.74, 6) is 0. The fourth-order valence-corrected chi connectivity index (χ4v) is 2.33. The maximum absolute atomic E-state index is 12.7. The van der Waals surface area contributed by atoms with E-state index in [9.17, 15) is 13.2 Å². The second-order valence-corrected chi connectivity index (χ2v) is 4.85. The van der Waals surface area contributed by atoms with Crippen LogP contribution in [0.4, 0.5) is 13.2 Å². The van der Waals surface area contributed by atoms with Crippen LogP contribution in [0.15, 0.2) is 42.7 Å². The van der Waals surface area contributed by atoms with E-state index in [-0.39, 0.29) is 6.04 Å². The summed E-state index contributed by atoms with van der Waals surface area (Å²) in [5.41, 5.74) is 1.75. The Morgan fingerprint density at radius 1 is 1.24 bits per heavy atom. The molecule has 1 atom stereocenters. The number of halogens is 3. The van der Waals surface area contributed by atoms with E-state index in [1.54, 1.807) is 25.4 Å². The Labute approximate surface area is 122 Å². The van der Waals surface area contributed by atoms with Gasteiger partial charge in [0.2, 0.25) is 0 Å². The van der Waals surface area contributed by atoms with E-state index in [1.165, 1.54) is 6.07 Å². The van der Waals surface area contributed by atoms with Crippen LogP contribution in [0.5, 0.6) is 0 Å². The molecule has 0 aliphatic carbocycles. The van der Waals surface area contributed by atoms with Gasteiger partial charge in [-0.2, -0.15) is 13.2 Å². The number of pyridine rings is 1. The molecule has 0 aliphatic heterocycles. The van der Waals surface area contributed by atoms with Gasteiger partial charge >= 0.3 is 6.18 Å². The summed E-state index contributed by atoms with van der Waals surface area (Å²) in [6.45, 7) is 4.37. The van der Waals surface area contributed by atoms with Gasteiger partial charge in [-0.3, -0.25) is 4.98 Å². The molecule has 0 spiro atoms. The number of hydrogen-bond acceptors (Lipinski definition) is 2. The number of aryl methyl sites for hydroxylation is 1. The number of hydrogen-bond donors (Lipinski definition) is 1. The fourth-order valence-electron chi connectivity index (χ4n) is 2.33. The number of alkyl halides is 3. The third-order valence-electron chi connectivity index (χ3n) is 3.33. The summed E-state index contributed by atoms with van der Waals surface area (Å²) in [4.78, 5) is 4.08. The second-order valence-electron chi connectivity index (χ2n) is 4.85. The third-order valence-corrected chi connectivity index (χ3v) is 3.33. The second kappa shape index (κ2) is 6.26. The third kappa shape index (κ3) is 3.61. The summed E-state index contributed by atoms with van der Waals surface area (Å²) >= 11 is 0. The number of nitrogens with one attached hydrogen (secondary N) is 1. The molecular weight excluding hydrogens is 277 g/mol. The lowest BCUT2D eigenvalue weighted by Crippen LogP contribution is -2.23. The van der Waals surface area contributed by atoms with Crippen LogP contribution >= 0.6 is 0 Å². The molecule has 1 unspecified atom stereocenters. The van der Waals surface area contributed by atoms with Crippen LogP contribution in [-0.4, -0.2) is 11.5 Å². The Morgan fingerprint density at radius 2 is 2.00 bits per heavy atom. The topological polar surface area (TPSA) is 24.9 Å². The van der Waals surface area contributed by atoms with E-state index >= 15 is 0 Å². The number of aromatic nitrogens is 1. The average Bonchev–Trinajstić information content (AvgIpc) is 2.45. The highest BCUT2D eigenvalue weighted by molar-refractivity contribution is 5.39. The first kappa shape index (κ1) is 15.5. The molecule has 0 radical (unpaired) electrons. The zero-order chi connectivity index (χ0) is 15.5. The molecule has 0 aliphatic rings. The Hall–Kier alpha value is -1.88. The lowest BCUT2D eigenvalue weighted by Gasteiger charge is -2.21. The van der Waals surface area contributed by atoms with Crippen LogP contribution < -0.4 is 5.32 Å². The normalized spacial score (nSPS) is 13.2. The number of nitrogens with zero attached hydrogens (tertiary/aromatic N) is 1. The standard InChI is InChI=1S/C16H17F3N2/c1-3-21-15(12-5-4-8-20-10-12)14-7-6-13(9-11(14)2)16(17,18)19/h4-10,15,21H,3H2,1-2H3. The summed E-state index contributed by atoms with van der Waals surface area (Å²) < 4.78 is 38.2. The lowest BCUT2D eigenvalue weighted by molar-refractivity contribution is -0.137. The first-order chi connectivity index (χ1) is 9.93. The predicted molar refractivity (Wildman–Crippen MR) is 75.9 cm³/mol. The van der Waals surface area contributed by atoms with Crippen molar-refractivity contribution in [2.45, 2.75) is 26.1 Å². The van der Waals surface area contributed by atoms with Crippen molar-refractivity contribution < 1.29 is 13.2 Å². The quantitative estimate of drug-likeness (QED) is 0.918. The molecule has 1 heterocycles. The van der Waals surface area contributed by atoms with Crippen LogP contribution in [0.25, 0.3) is 0 Å². The fraction of sp³-hybridized carbons (Fsp3) is 0.312. The first-order valence-electron chi connectivity index (χ1n) is 6.74. The first-order valence-corrected chi connectivity index (χ1v) is 6.74. The van der Waals surface area contributed by atoms with Gasteiger partial charge in [0.1, 0.15) is 0 Å². The van der Waals surface area contributed by atoms with Crippen LogP contribution in [0.2, 0.25) is 0 Å². The van der Waals surface area contributed by atoms with Gasteiger partial charge in [0.15, 0.2) is 0 Å². The summed E-state index contributed by atoms with van der Waals surface area (Å²) in [6, 6.07) is 7.43. The maximum Gasteiger partial charge on any atom is 0.416 e. The van der Waals surface area contributed by atoms with Crippen molar-refractivity contribution in [3.05, 3.63) is 65.0 Å². The molecule has 1 N–H and O–H groups in total. The Balaban J connectivity index is 2.42. The molecule has 0 bridgehead atoms. The molecular formula is C16H17F3N2. The van der Waals surface area contributed by atoms with Gasteiger partial charge in [-0.05, 0) is 48.4 Å². The molecule has 112 valence electrons. The van der Waals surface area contributed by atoms with Crippen LogP contribution in [0.1, 0.15) is 35.2 Å². The van der Waals surface area contributed by atoms with Gasteiger partial charge in [-0.25, -0.2) is 0 Å². The molecule has 2 nitrogen and oxygen atoms in total. The van der Waals surface area contributed by atoms with Gasteiger partial charge in [0.25, 0.3) is 0 Å². The Morgan fingerprint density at radius 3 is 2.52 bits per heavy atom. The minimum absolute atomic E-state index is 0.161. The van der Waals surface area contributed by atoms with Crippen LogP contribution in [-0.2, 0) is 6.18 Å². The van der Waals surface area contributed by atoms with Gasteiger partial charge in [0.05, 0.1) is 11.6 Å². The largest absolute Gasteiger partial charge is 0.416 e. The molecule has 1 aromatic carbocycles. The molecule has 0 fully saturated rings. The van der Waals surface area contributed by atoms with Crippen LogP contribution in [0.3, 0.4) is 0 Å². The van der Waals surface area contributed by atoms with Crippen molar-refractivity contribution >= 4 is 0 Å². The zero-order valence-electron chi connectivity index (χ0n) is 11.9. The lowest BCUT2D eigenvalue weighted by atomic mass is 9.94. The van der Waals surface area contributed by atoms with E-state index in [0.717, 1.165) is 17.2 Å². The summed E-state index contributed by atoms with van der Waals surface area (Å²) in [6.07, 6.45) is -0.915. The van der Waals surface area contributed by atoms with Gasteiger partial charge in [-0.15, -0.1) is 0 Å². The SMILES string of the molecule is CCNC(c1cccnc1)c1ccc(C(F)(F)F)cc1C. The molecule has 0 saturated heterocycles. The zero-order valence-corrected chi connectivity index (χ0v) is 11.9. The Bertz CT molecular complexity index is 594. The smallest absolute Gasteiger partial charge is 0.306 e. The van der Waals surface area contributed by atoms with Crippen molar-refractivity contribution in [1.29, 1.82) is 0 Å². The van der Waals surface area contributed by atoms with E-state index < -0.39 is 11.7 Å². The average molecular weight is 294 g/mol. The van der Waals surface area contributed by atoms with Gasteiger partial charge < -0.3 is 5.32 Å². The highest BCUT2D eigenvalue weighted by Crippen LogP contribution is 2.32. The minimum atomic E-state index is -4.31. The van der Waals surface area contributed by atoms with Crippen molar-refractivity contribution in [1.82, 2.24) is 10.3 Å². The number of rotatable bonds is 4. The molecule has 21 heavy (non-hydrogen) atoms. The molecule has 0 saturated carbocycles. The minimum Gasteiger partial charge on any atom is -0.306 e. The summed E-state index contributed by atoms with van der Waals surface area (Å²) in [5, 5.41) is 3.29. The summed E-state index contributed by atoms with van der Waals surface area (Å²) in [7, 11) is 0. The molecule has 1 aromatic heterocycles. The molecule has 5 heteroatoms. The molecule has 2 rings (SSSR count). The maximum atomic E-state index is 12.7. The number of benzene rings is 1. The Kier molecular flexibility index (Phi) is 4.63. The van der Waals surface area contributed by atoms with Gasteiger partial charge in [-0.1, -0.05) is 19.1 Å². The van der Waals surface area contributed by atoms with Gasteiger partial charge in [0, 0.05) is 12.4 Å². The van der Waals surface area contributed by atoms with E-state index in [2.05, 4.69) is 10.3 Å².